The van der Waals surface area contributed by atoms with Crippen LogP contribution in [0.1, 0.15) is 72.1 Å². The number of piperazine rings is 1. The Morgan fingerprint density at radius 3 is 2.08 bits per heavy atom. The Morgan fingerprint density at radius 2 is 1.41 bits per heavy atom. The molecule has 5 rings (SSSR count). The van der Waals surface area contributed by atoms with Crippen molar-refractivity contribution in [2.45, 2.75) is 63.5 Å². The first-order valence-electron chi connectivity index (χ1n) is 14.0. The highest BCUT2D eigenvalue weighted by atomic mass is 79.9. The molecule has 0 aromatic heterocycles. The predicted octanol–water partition coefficient (Wildman–Crippen LogP) is 5.33. The molecule has 3 aliphatic rings. The predicted molar refractivity (Wildman–Crippen MR) is 152 cm³/mol. The van der Waals surface area contributed by atoms with Crippen molar-refractivity contribution in [2.75, 3.05) is 44.2 Å². The van der Waals surface area contributed by atoms with E-state index in [1.807, 2.05) is 42.5 Å². The van der Waals surface area contributed by atoms with E-state index in [9.17, 15) is 9.59 Å². The second-order valence-corrected chi connectivity index (χ2v) is 11.6. The number of carbonyl (C=O) groups is 2. The van der Waals surface area contributed by atoms with Gasteiger partial charge >= 0.3 is 0 Å². The third kappa shape index (κ3) is 6.55. The smallest absolute Gasteiger partial charge is 0.256 e. The van der Waals surface area contributed by atoms with Crippen LogP contribution in [0.15, 0.2) is 53.0 Å². The number of rotatable bonds is 5. The number of anilines is 1. The van der Waals surface area contributed by atoms with Gasteiger partial charge in [-0.1, -0.05) is 53.7 Å². The zero-order valence-electron chi connectivity index (χ0n) is 21.7. The van der Waals surface area contributed by atoms with Crippen LogP contribution in [0.3, 0.4) is 0 Å². The third-order valence-electron chi connectivity index (χ3n) is 8.35. The maximum Gasteiger partial charge on any atom is 0.256 e. The number of hydrogen-bond donors (Lipinski definition) is 1. The molecule has 2 saturated heterocycles. The summed E-state index contributed by atoms with van der Waals surface area (Å²) in [5.74, 6) is 0.131. The number of benzene rings is 2. The van der Waals surface area contributed by atoms with E-state index >= 15 is 0 Å². The average molecular weight is 568 g/mol. The largest absolute Gasteiger partial charge is 0.371 e. The normalized spacial score (nSPS) is 20.5. The van der Waals surface area contributed by atoms with E-state index in [0.29, 0.717) is 11.6 Å². The van der Waals surface area contributed by atoms with Gasteiger partial charge in [0.1, 0.15) is 0 Å². The van der Waals surface area contributed by atoms with E-state index in [1.54, 1.807) is 0 Å². The monoisotopic (exact) mass is 566 g/mol. The summed E-state index contributed by atoms with van der Waals surface area (Å²) >= 11 is 3.42. The quantitative estimate of drug-likeness (QED) is 0.497. The van der Waals surface area contributed by atoms with Crippen LogP contribution in [0.2, 0.25) is 0 Å². The van der Waals surface area contributed by atoms with Gasteiger partial charge in [-0.3, -0.25) is 14.5 Å². The summed E-state index contributed by atoms with van der Waals surface area (Å²) in [6.07, 6.45) is 9.81. The Hall–Kier alpha value is -2.38. The van der Waals surface area contributed by atoms with Crippen LogP contribution in [-0.2, 0) is 0 Å². The van der Waals surface area contributed by atoms with Crippen LogP contribution in [0.25, 0.3) is 0 Å². The van der Waals surface area contributed by atoms with Crippen molar-refractivity contribution < 1.29 is 9.59 Å². The number of nitrogens with one attached hydrogen (secondary N) is 1. The Morgan fingerprint density at radius 1 is 0.757 bits per heavy atom. The van der Waals surface area contributed by atoms with Crippen molar-refractivity contribution in [3.05, 3.63) is 64.1 Å². The lowest BCUT2D eigenvalue weighted by atomic mass is 10.0. The van der Waals surface area contributed by atoms with E-state index in [4.69, 9.17) is 0 Å². The number of amides is 2. The second-order valence-electron chi connectivity index (χ2n) is 10.7. The SMILES string of the molecule is O=C(NC1CCN(c2ccccc2C(=O)N2CCN(C3CCCCCC3)CC2)CC1)c1ccc(Br)cc1. The fraction of sp³-hybridized carbons (Fsp3) is 0.533. The second kappa shape index (κ2) is 12.4. The number of carbonyl (C=O) groups excluding carboxylic acids is 2. The van der Waals surface area contributed by atoms with Crippen LogP contribution in [0.5, 0.6) is 0 Å². The Labute approximate surface area is 229 Å². The first-order valence-corrected chi connectivity index (χ1v) is 14.8. The summed E-state index contributed by atoms with van der Waals surface area (Å²) in [4.78, 5) is 33.3. The first-order chi connectivity index (χ1) is 18.1. The standard InChI is InChI=1S/C30H39BrN4O2/c31-24-13-11-23(12-14-24)29(36)32-25-15-17-34(18-16-25)28-10-6-5-9-27(28)30(37)35-21-19-33(20-22-35)26-7-3-1-2-4-8-26/h5-6,9-14,25-26H,1-4,7-8,15-22H2,(H,32,36). The van der Waals surface area contributed by atoms with Crippen molar-refractivity contribution in [3.63, 3.8) is 0 Å². The van der Waals surface area contributed by atoms with Gasteiger partial charge in [-0.2, -0.15) is 0 Å². The van der Waals surface area contributed by atoms with Gasteiger partial charge in [0.15, 0.2) is 0 Å². The molecule has 2 heterocycles. The summed E-state index contributed by atoms with van der Waals surface area (Å²) < 4.78 is 0.965. The number of nitrogens with zero attached hydrogens (tertiary/aromatic N) is 3. The minimum atomic E-state index is -0.0236. The number of piperidine rings is 1. The molecular weight excluding hydrogens is 528 g/mol. The van der Waals surface area contributed by atoms with Crippen LogP contribution in [0.4, 0.5) is 5.69 Å². The molecule has 1 aliphatic carbocycles. The molecule has 0 unspecified atom stereocenters. The van der Waals surface area contributed by atoms with Gasteiger partial charge in [0.2, 0.25) is 0 Å². The van der Waals surface area contributed by atoms with Crippen LogP contribution in [0, 0.1) is 0 Å². The minimum absolute atomic E-state index is 0.0236. The molecule has 2 aromatic rings. The lowest BCUT2D eigenvalue weighted by Crippen LogP contribution is -2.52. The van der Waals surface area contributed by atoms with Gasteiger partial charge in [0.25, 0.3) is 11.8 Å². The van der Waals surface area contributed by atoms with Gasteiger partial charge in [0.05, 0.1) is 5.56 Å². The average Bonchev–Trinajstić information content (AvgIpc) is 3.23. The summed E-state index contributed by atoms with van der Waals surface area (Å²) in [6.45, 7) is 5.25. The summed E-state index contributed by atoms with van der Waals surface area (Å²) in [5.41, 5.74) is 2.51. The molecule has 0 spiro atoms. The molecule has 3 fully saturated rings. The van der Waals surface area contributed by atoms with E-state index in [2.05, 4.69) is 42.0 Å². The van der Waals surface area contributed by atoms with Crippen molar-refractivity contribution in [2.24, 2.45) is 0 Å². The molecule has 7 heteroatoms. The van der Waals surface area contributed by atoms with Gasteiger partial charge < -0.3 is 15.1 Å². The molecule has 37 heavy (non-hydrogen) atoms. The van der Waals surface area contributed by atoms with E-state index in [-0.39, 0.29) is 17.9 Å². The third-order valence-corrected chi connectivity index (χ3v) is 8.88. The molecule has 6 nitrogen and oxygen atoms in total. The van der Waals surface area contributed by atoms with Crippen molar-refractivity contribution in [1.82, 2.24) is 15.1 Å². The molecule has 0 atom stereocenters. The van der Waals surface area contributed by atoms with Gasteiger partial charge in [-0.25, -0.2) is 0 Å². The zero-order chi connectivity index (χ0) is 25.6. The van der Waals surface area contributed by atoms with Crippen LogP contribution in [-0.4, -0.2) is 73.0 Å². The van der Waals surface area contributed by atoms with Crippen LogP contribution >= 0.6 is 15.9 Å². The summed E-state index contributed by atoms with van der Waals surface area (Å²) in [5, 5.41) is 3.19. The highest BCUT2D eigenvalue weighted by Crippen LogP contribution is 2.27. The lowest BCUT2D eigenvalue weighted by molar-refractivity contribution is 0.0552. The fourth-order valence-corrected chi connectivity index (χ4v) is 6.41. The van der Waals surface area contributed by atoms with E-state index in [0.717, 1.165) is 67.8 Å². The Balaban J connectivity index is 1.16. The minimum Gasteiger partial charge on any atom is -0.371 e. The number of para-hydroxylation sites is 1. The molecule has 2 aliphatic heterocycles. The molecule has 2 aromatic carbocycles. The summed E-state index contributed by atoms with van der Waals surface area (Å²) in [7, 11) is 0. The van der Waals surface area contributed by atoms with Gasteiger partial charge in [0, 0.05) is 67.1 Å². The molecule has 0 radical (unpaired) electrons. The Bertz CT molecular complexity index is 1050. The van der Waals surface area contributed by atoms with E-state index < -0.39 is 0 Å². The van der Waals surface area contributed by atoms with Gasteiger partial charge in [-0.15, -0.1) is 0 Å². The zero-order valence-corrected chi connectivity index (χ0v) is 23.3. The first kappa shape index (κ1) is 26.2. The molecular formula is C30H39BrN4O2. The summed E-state index contributed by atoms with van der Waals surface area (Å²) in [6, 6.07) is 16.4. The lowest BCUT2D eigenvalue weighted by Gasteiger charge is -2.40. The molecule has 198 valence electrons. The van der Waals surface area contributed by atoms with Crippen molar-refractivity contribution in [3.8, 4) is 0 Å². The number of halogens is 1. The fourth-order valence-electron chi connectivity index (χ4n) is 6.15. The highest BCUT2D eigenvalue weighted by molar-refractivity contribution is 9.10. The Kier molecular flexibility index (Phi) is 8.82. The van der Waals surface area contributed by atoms with Gasteiger partial charge in [-0.05, 0) is 62.1 Å². The maximum absolute atomic E-state index is 13.6. The maximum atomic E-state index is 13.6. The van der Waals surface area contributed by atoms with Crippen molar-refractivity contribution in [1.29, 1.82) is 0 Å². The molecule has 1 saturated carbocycles. The molecule has 0 bridgehead atoms. The van der Waals surface area contributed by atoms with E-state index in [1.165, 1.54) is 38.5 Å². The van der Waals surface area contributed by atoms with Crippen LogP contribution < -0.4 is 10.2 Å². The molecule has 2 amide bonds. The molecule has 1 N–H and O–H groups in total. The highest BCUT2D eigenvalue weighted by Gasteiger charge is 2.29. The topological polar surface area (TPSA) is 55.9 Å². The number of hydrogen-bond acceptors (Lipinski definition) is 4. The van der Waals surface area contributed by atoms with Crippen molar-refractivity contribution >= 4 is 33.4 Å².